The van der Waals surface area contributed by atoms with Crippen molar-refractivity contribution in [3.8, 4) is 16.9 Å². The predicted octanol–water partition coefficient (Wildman–Crippen LogP) is 4.22. The molecule has 0 saturated carbocycles. The molecule has 0 saturated heterocycles. The molecule has 0 fully saturated rings. The minimum atomic E-state index is -1.09. The number of carboxylic acids is 1. The Morgan fingerprint density at radius 3 is 2.64 bits per heavy atom. The lowest BCUT2D eigenvalue weighted by Gasteiger charge is -2.08. The maximum absolute atomic E-state index is 11.1. The SMILES string of the molecule is O=C(O)c1occc1-c1cccc(OCc2ccccc2)c1. The number of carboxylic acid groups (broad SMARTS) is 1. The molecular weight excluding hydrogens is 280 g/mol. The van der Waals surface area contributed by atoms with Crippen LogP contribution in [0.25, 0.3) is 11.1 Å². The van der Waals surface area contributed by atoms with Crippen LogP contribution in [0.4, 0.5) is 0 Å². The van der Waals surface area contributed by atoms with E-state index in [1.54, 1.807) is 12.1 Å². The van der Waals surface area contributed by atoms with Crippen molar-refractivity contribution >= 4 is 5.97 Å². The number of aromatic carboxylic acids is 1. The van der Waals surface area contributed by atoms with Gasteiger partial charge >= 0.3 is 5.97 Å². The van der Waals surface area contributed by atoms with Gasteiger partial charge in [0.05, 0.1) is 6.26 Å². The van der Waals surface area contributed by atoms with Gasteiger partial charge in [-0.05, 0) is 29.3 Å². The van der Waals surface area contributed by atoms with Crippen molar-refractivity contribution < 1.29 is 19.1 Å². The fraction of sp³-hybridized carbons (Fsp3) is 0.0556. The van der Waals surface area contributed by atoms with E-state index in [0.717, 1.165) is 11.1 Å². The second-order valence-corrected chi connectivity index (χ2v) is 4.77. The molecule has 0 bridgehead atoms. The van der Waals surface area contributed by atoms with E-state index in [4.69, 9.17) is 14.3 Å². The molecule has 3 aromatic rings. The van der Waals surface area contributed by atoms with Crippen LogP contribution in [0, 0.1) is 0 Å². The molecule has 110 valence electrons. The number of furan rings is 1. The van der Waals surface area contributed by atoms with Crippen molar-refractivity contribution in [2.24, 2.45) is 0 Å². The van der Waals surface area contributed by atoms with E-state index >= 15 is 0 Å². The molecule has 3 rings (SSSR count). The summed E-state index contributed by atoms with van der Waals surface area (Å²) < 4.78 is 10.8. The van der Waals surface area contributed by atoms with Crippen LogP contribution in [0.2, 0.25) is 0 Å². The second kappa shape index (κ2) is 6.18. The second-order valence-electron chi connectivity index (χ2n) is 4.77. The van der Waals surface area contributed by atoms with Crippen LogP contribution in [-0.2, 0) is 6.61 Å². The molecule has 1 aromatic heterocycles. The van der Waals surface area contributed by atoms with Gasteiger partial charge in [-0.25, -0.2) is 4.79 Å². The van der Waals surface area contributed by atoms with Crippen molar-refractivity contribution in [3.05, 3.63) is 78.3 Å². The highest BCUT2D eigenvalue weighted by molar-refractivity contribution is 5.93. The van der Waals surface area contributed by atoms with Crippen LogP contribution in [-0.4, -0.2) is 11.1 Å². The van der Waals surface area contributed by atoms with E-state index in [9.17, 15) is 4.79 Å². The predicted molar refractivity (Wildman–Crippen MR) is 81.9 cm³/mol. The van der Waals surface area contributed by atoms with Crippen LogP contribution in [0.3, 0.4) is 0 Å². The standard InChI is InChI=1S/C18H14O4/c19-18(20)17-16(9-10-21-17)14-7-4-8-15(11-14)22-12-13-5-2-1-3-6-13/h1-11H,12H2,(H,19,20). The fourth-order valence-corrected chi connectivity index (χ4v) is 2.20. The van der Waals surface area contributed by atoms with Gasteiger partial charge in [0.1, 0.15) is 12.4 Å². The summed E-state index contributed by atoms with van der Waals surface area (Å²) in [5, 5.41) is 9.11. The number of rotatable bonds is 5. The largest absolute Gasteiger partial charge is 0.489 e. The Morgan fingerprint density at radius 1 is 1.05 bits per heavy atom. The summed E-state index contributed by atoms with van der Waals surface area (Å²) in [6, 6.07) is 18.8. The van der Waals surface area contributed by atoms with E-state index < -0.39 is 5.97 Å². The number of ether oxygens (including phenoxy) is 1. The minimum Gasteiger partial charge on any atom is -0.489 e. The van der Waals surface area contributed by atoms with Crippen LogP contribution in [0.5, 0.6) is 5.75 Å². The van der Waals surface area contributed by atoms with E-state index in [2.05, 4.69) is 0 Å². The Hall–Kier alpha value is -3.01. The molecule has 4 heteroatoms. The number of hydrogen-bond acceptors (Lipinski definition) is 3. The maximum atomic E-state index is 11.1. The van der Waals surface area contributed by atoms with Gasteiger partial charge < -0.3 is 14.3 Å². The molecule has 0 radical (unpaired) electrons. The van der Waals surface area contributed by atoms with Crippen molar-refractivity contribution in [2.75, 3.05) is 0 Å². The molecule has 1 N–H and O–H groups in total. The third-order valence-corrected chi connectivity index (χ3v) is 3.25. The lowest BCUT2D eigenvalue weighted by atomic mass is 10.1. The summed E-state index contributed by atoms with van der Waals surface area (Å²) in [5.74, 6) is -0.477. The highest BCUT2D eigenvalue weighted by atomic mass is 16.5. The first-order chi connectivity index (χ1) is 10.7. The quantitative estimate of drug-likeness (QED) is 0.765. The zero-order valence-electron chi connectivity index (χ0n) is 11.7. The van der Waals surface area contributed by atoms with Gasteiger partial charge in [-0.1, -0.05) is 42.5 Å². The minimum absolute atomic E-state index is 0.0693. The molecule has 4 nitrogen and oxygen atoms in total. The molecule has 1 heterocycles. The van der Waals surface area contributed by atoms with Gasteiger partial charge in [0.25, 0.3) is 0 Å². The highest BCUT2D eigenvalue weighted by Gasteiger charge is 2.15. The van der Waals surface area contributed by atoms with Crippen LogP contribution >= 0.6 is 0 Å². The zero-order valence-corrected chi connectivity index (χ0v) is 11.7. The van der Waals surface area contributed by atoms with Crippen molar-refractivity contribution in [3.63, 3.8) is 0 Å². The highest BCUT2D eigenvalue weighted by Crippen LogP contribution is 2.28. The molecule has 0 aliphatic heterocycles. The number of carbonyl (C=O) groups is 1. The third kappa shape index (κ3) is 3.01. The van der Waals surface area contributed by atoms with E-state index in [1.165, 1.54) is 6.26 Å². The van der Waals surface area contributed by atoms with Gasteiger partial charge in [0.15, 0.2) is 0 Å². The molecule has 0 unspecified atom stereocenters. The monoisotopic (exact) mass is 294 g/mol. The van der Waals surface area contributed by atoms with Crippen LogP contribution in [0.1, 0.15) is 16.1 Å². The van der Waals surface area contributed by atoms with E-state index in [0.29, 0.717) is 17.9 Å². The van der Waals surface area contributed by atoms with Gasteiger partial charge in [-0.15, -0.1) is 0 Å². The van der Waals surface area contributed by atoms with Crippen molar-refractivity contribution in [1.82, 2.24) is 0 Å². The third-order valence-electron chi connectivity index (χ3n) is 3.25. The molecule has 0 aliphatic rings. The zero-order chi connectivity index (χ0) is 15.4. The Morgan fingerprint density at radius 2 is 1.86 bits per heavy atom. The normalized spacial score (nSPS) is 10.4. The molecule has 0 atom stereocenters. The van der Waals surface area contributed by atoms with E-state index in [1.807, 2.05) is 48.5 Å². The van der Waals surface area contributed by atoms with Crippen molar-refractivity contribution in [1.29, 1.82) is 0 Å². The van der Waals surface area contributed by atoms with Crippen molar-refractivity contribution in [2.45, 2.75) is 6.61 Å². The summed E-state index contributed by atoms with van der Waals surface area (Å²) >= 11 is 0. The molecule has 0 spiro atoms. The van der Waals surface area contributed by atoms with Crippen LogP contribution < -0.4 is 4.74 Å². The summed E-state index contributed by atoms with van der Waals surface area (Å²) in [6.45, 7) is 0.460. The summed E-state index contributed by atoms with van der Waals surface area (Å²) in [6.07, 6.45) is 1.37. The number of benzene rings is 2. The molecule has 0 amide bonds. The Balaban J connectivity index is 1.81. The van der Waals surface area contributed by atoms with Gasteiger partial charge in [0, 0.05) is 5.56 Å². The molecule has 0 aliphatic carbocycles. The molecule has 2 aromatic carbocycles. The lowest BCUT2D eigenvalue weighted by molar-refractivity contribution is 0.0663. The van der Waals surface area contributed by atoms with Crippen LogP contribution in [0.15, 0.2) is 71.3 Å². The summed E-state index contributed by atoms with van der Waals surface area (Å²) in [4.78, 5) is 11.1. The first kappa shape index (κ1) is 13.9. The molecular formula is C18H14O4. The lowest BCUT2D eigenvalue weighted by Crippen LogP contribution is -1.97. The van der Waals surface area contributed by atoms with Gasteiger partial charge in [0.2, 0.25) is 5.76 Å². The smallest absolute Gasteiger partial charge is 0.372 e. The van der Waals surface area contributed by atoms with E-state index in [-0.39, 0.29) is 5.76 Å². The topological polar surface area (TPSA) is 59.7 Å². The Bertz CT molecular complexity index is 775. The molecule has 22 heavy (non-hydrogen) atoms. The Labute approximate surface area is 127 Å². The summed E-state index contributed by atoms with van der Waals surface area (Å²) in [5.41, 5.74) is 2.36. The maximum Gasteiger partial charge on any atom is 0.372 e. The van der Waals surface area contributed by atoms with Gasteiger partial charge in [-0.2, -0.15) is 0 Å². The average Bonchev–Trinajstić information content (AvgIpc) is 3.04. The van der Waals surface area contributed by atoms with Gasteiger partial charge in [-0.3, -0.25) is 0 Å². The first-order valence-electron chi connectivity index (χ1n) is 6.82. The summed E-state index contributed by atoms with van der Waals surface area (Å²) in [7, 11) is 0. The fourth-order valence-electron chi connectivity index (χ4n) is 2.20. The first-order valence-corrected chi connectivity index (χ1v) is 6.82. The Kier molecular flexibility index (Phi) is 3.92. The number of hydrogen-bond donors (Lipinski definition) is 1. The average molecular weight is 294 g/mol.